The highest BCUT2D eigenvalue weighted by atomic mass is 35.5. The monoisotopic (exact) mass is 1240 g/mol. The molecule has 2 aromatic carbocycles. The summed E-state index contributed by atoms with van der Waals surface area (Å²) in [6.45, 7) is 7.95. The third-order valence-corrected chi connectivity index (χ3v) is 12.2. The summed E-state index contributed by atoms with van der Waals surface area (Å²) in [7, 11) is 0. The summed E-state index contributed by atoms with van der Waals surface area (Å²) in [5.74, 6) is -0.523. The van der Waals surface area contributed by atoms with E-state index in [0.717, 1.165) is 61.2 Å². The Morgan fingerprint density at radius 3 is 1.09 bits per heavy atom. The number of guanidine groups is 2. The van der Waals surface area contributed by atoms with E-state index in [2.05, 4.69) is 61.8 Å². The molecule has 0 spiro atoms. The molecule has 18 N–H and O–H groups in total. The van der Waals surface area contributed by atoms with Crippen molar-refractivity contribution in [3.8, 4) is 11.5 Å². The molecule has 0 aliphatic carbocycles. The van der Waals surface area contributed by atoms with Crippen LogP contribution >= 0.6 is 23.2 Å². The highest BCUT2D eigenvalue weighted by Crippen LogP contribution is 2.19. The number of unbranched alkanes of at least 4 members (excludes halogenated alkanes) is 3. The number of hydrogen-bond acceptors (Lipinski definition) is 22. The number of anilines is 4. The van der Waals surface area contributed by atoms with Gasteiger partial charge in [-0.3, -0.25) is 30.2 Å². The molecule has 0 radical (unpaired) electrons. The molecule has 0 unspecified atom stereocenters. The Bertz CT molecular complexity index is 2520. The van der Waals surface area contributed by atoms with Crippen molar-refractivity contribution < 1.29 is 57.1 Å². The van der Waals surface area contributed by atoms with Crippen LogP contribution < -0.4 is 75.8 Å². The predicted molar refractivity (Wildman–Crippen MR) is 326 cm³/mol. The average Bonchev–Trinajstić information content (AvgIpc) is 3.53. The molecule has 0 saturated carbocycles. The summed E-state index contributed by atoms with van der Waals surface area (Å²) >= 11 is 11.7. The molecule has 474 valence electrons. The van der Waals surface area contributed by atoms with Crippen LogP contribution in [0.25, 0.3) is 0 Å². The zero-order valence-electron chi connectivity index (χ0n) is 48.2. The number of nitrogens with zero attached hydrogens (tertiary/aromatic N) is 6. The van der Waals surface area contributed by atoms with Gasteiger partial charge in [0.15, 0.2) is 56.9 Å². The van der Waals surface area contributed by atoms with Gasteiger partial charge in [-0.25, -0.2) is 29.5 Å². The van der Waals surface area contributed by atoms with Crippen LogP contribution in [0.3, 0.4) is 0 Å². The zero-order valence-corrected chi connectivity index (χ0v) is 49.7. The molecule has 4 aromatic rings. The number of halogens is 2. The fourth-order valence-electron chi connectivity index (χ4n) is 7.21. The fourth-order valence-corrected chi connectivity index (χ4v) is 7.46. The fraction of sp³-hybridized carbons (Fsp3) is 0.519. The molecular weight excluding hydrogens is 1160 g/mol. The van der Waals surface area contributed by atoms with E-state index in [1.54, 1.807) is 0 Å². The van der Waals surface area contributed by atoms with Crippen molar-refractivity contribution in [2.24, 2.45) is 21.5 Å². The number of rotatable bonds is 43. The summed E-state index contributed by atoms with van der Waals surface area (Å²) < 4.78 is 44.8. The number of nitrogens with two attached hydrogens (primary N) is 6. The quantitative estimate of drug-likeness (QED) is 0.0171. The molecule has 4 rings (SSSR count). The topological polar surface area (TPSA) is 447 Å². The molecular formula is C54H82Cl2N18O12. The van der Waals surface area contributed by atoms with Crippen LogP contribution in [-0.2, 0) is 41.3 Å². The van der Waals surface area contributed by atoms with Crippen LogP contribution in [0.4, 0.5) is 32.9 Å². The molecule has 0 aliphatic rings. The first kappa shape index (κ1) is 70.6. The molecule has 0 aliphatic heterocycles. The summed E-state index contributed by atoms with van der Waals surface area (Å²) in [6.07, 6.45) is 6.27. The summed E-state index contributed by atoms with van der Waals surface area (Å²) in [6, 6.07) is 15.1. The number of nitrogens with one attached hydrogen (secondary N) is 6. The van der Waals surface area contributed by atoms with E-state index in [-0.39, 0.29) is 68.9 Å². The zero-order chi connectivity index (χ0) is 62.0. The number of aryl methyl sites for hydroxylation is 2. The Morgan fingerprint density at radius 1 is 0.407 bits per heavy atom. The summed E-state index contributed by atoms with van der Waals surface area (Å²) in [5, 5.41) is 15.6. The lowest BCUT2D eigenvalue weighted by Gasteiger charge is -2.10. The number of ether oxygens (including phenoxy) is 8. The van der Waals surface area contributed by atoms with Gasteiger partial charge in [0.1, 0.15) is 24.7 Å². The van der Waals surface area contributed by atoms with Gasteiger partial charge in [0.25, 0.3) is 11.8 Å². The molecule has 86 heavy (non-hydrogen) atoms. The second kappa shape index (κ2) is 42.9. The molecule has 30 nitrogen and oxygen atoms in total. The lowest BCUT2D eigenvalue weighted by Crippen LogP contribution is -2.39. The molecule has 2 heterocycles. The van der Waals surface area contributed by atoms with Crippen LogP contribution in [0.2, 0.25) is 10.3 Å². The molecule has 0 saturated heterocycles. The number of carbonyl (C=O) groups is 4. The van der Waals surface area contributed by atoms with E-state index < -0.39 is 11.8 Å². The predicted octanol–water partition coefficient (Wildman–Crippen LogP) is 1.97. The Balaban J connectivity index is 0.817. The Kier molecular flexibility index (Phi) is 35.2. The number of benzene rings is 2. The molecule has 0 fully saturated rings. The number of aliphatic imine (C=N–C) groups is 2. The molecule has 6 amide bonds. The first-order valence-electron chi connectivity index (χ1n) is 28.0. The van der Waals surface area contributed by atoms with Crippen molar-refractivity contribution >= 4 is 82.3 Å². The van der Waals surface area contributed by atoms with Crippen LogP contribution in [0.15, 0.2) is 58.5 Å². The molecule has 0 bridgehead atoms. The van der Waals surface area contributed by atoms with Crippen LogP contribution in [0, 0.1) is 0 Å². The van der Waals surface area contributed by atoms with Gasteiger partial charge in [0, 0.05) is 39.3 Å². The normalized spacial score (nSPS) is 11.5. The van der Waals surface area contributed by atoms with Crippen molar-refractivity contribution in [1.82, 2.24) is 51.8 Å². The minimum atomic E-state index is -0.686. The second-order valence-electron chi connectivity index (χ2n) is 18.4. The van der Waals surface area contributed by atoms with Gasteiger partial charge in [-0.05, 0) is 86.8 Å². The number of urea groups is 2. The van der Waals surface area contributed by atoms with Crippen LogP contribution in [0.1, 0.15) is 70.6 Å². The van der Waals surface area contributed by atoms with E-state index in [1.165, 1.54) is 0 Å². The van der Waals surface area contributed by atoms with E-state index in [4.69, 9.17) is 95.5 Å². The van der Waals surface area contributed by atoms with Crippen molar-refractivity contribution in [3.63, 3.8) is 0 Å². The van der Waals surface area contributed by atoms with Crippen molar-refractivity contribution in [2.75, 3.05) is 155 Å². The van der Waals surface area contributed by atoms with Gasteiger partial charge in [0.05, 0.1) is 79.3 Å². The largest absolute Gasteiger partial charge is 0.491 e. The third kappa shape index (κ3) is 31.3. The van der Waals surface area contributed by atoms with Gasteiger partial charge in [-0.15, -0.1) is 0 Å². The van der Waals surface area contributed by atoms with Crippen molar-refractivity contribution in [2.45, 2.75) is 51.4 Å². The second-order valence-corrected chi connectivity index (χ2v) is 19.1. The van der Waals surface area contributed by atoms with Crippen molar-refractivity contribution in [3.05, 3.63) is 81.4 Å². The SMILES string of the molecule is NC(=NCCCCc1ccc(OCCOCCOCCOCCNC(=O)NCCCCNC(=O)NCCOCCOCCOCCOc2ccc(CCCCN=C(N)NC(=O)c3nc(Cl)c(N)nc3N)cc2)cc1)NC(=O)c1nc(Cl)c(N)nc1N. The third-order valence-electron chi connectivity index (χ3n) is 11.6. The number of hydrogen-bond donors (Lipinski definition) is 12. The molecule has 0 atom stereocenters. The first-order valence-corrected chi connectivity index (χ1v) is 28.8. The maximum atomic E-state index is 12.4. The van der Waals surface area contributed by atoms with E-state index in [9.17, 15) is 19.2 Å². The maximum absolute atomic E-state index is 12.4. The summed E-state index contributed by atoms with van der Waals surface area (Å²) in [4.78, 5) is 72.4. The average molecular weight is 1250 g/mol. The van der Waals surface area contributed by atoms with E-state index >= 15 is 0 Å². The number of nitrogen functional groups attached to an aromatic ring is 4. The minimum absolute atomic E-state index is 0.0694. The summed E-state index contributed by atoms with van der Waals surface area (Å²) in [5.41, 5.74) is 36.0. The smallest absolute Gasteiger partial charge is 0.314 e. The van der Waals surface area contributed by atoms with Crippen LogP contribution in [-0.4, -0.2) is 187 Å². The Morgan fingerprint density at radius 2 is 0.733 bits per heavy atom. The first-order chi connectivity index (χ1) is 41.7. The molecule has 2 aromatic heterocycles. The maximum Gasteiger partial charge on any atom is 0.314 e. The van der Waals surface area contributed by atoms with E-state index in [1.807, 2.05) is 48.5 Å². The minimum Gasteiger partial charge on any atom is -0.491 e. The van der Waals surface area contributed by atoms with Gasteiger partial charge < -0.3 is 93.6 Å². The Labute approximate surface area is 509 Å². The Hall–Kier alpha value is -7.84. The highest BCUT2D eigenvalue weighted by molar-refractivity contribution is 6.32. The van der Waals surface area contributed by atoms with Gasteiger partial charge >= 0.3 is 12.1 Å². The van der Waals surface area contributed by atoms with Gasteiger partial charge in [0.2, 0.25) is 0 Å². The number of carbonyl (C=O) groups excluding carboxylic acids is 4. The van der Waals surface area contributed by atoms with E-state index in [0.29, 0.717) is 145 Å². The van der Waals surface area contributed by atoms with Crippen molar-refractivity contribution in [1.29, 1.82) is 0 Å². The van der Waals surface area contributed by atoms with Gasteiger partial charge in [-0.2, -0.15) is 0 Å². The molecule has 32 heteroatoms. The lowest BCUT2D eigenvalue weighted by molar-refractivity contribution is 0.0101. The lowest BCUT2D eigenvalue weighted by atomic mass is 10.1. The number of amides is 6. The highest BCUT2D eigenvalue weighted by Gasteiger charge is 2.18. The van der Waals surface area contributed by atoms with Crippen LogP contribution in [0.5, 0.6) is 11.5 Å². The standard InChI is InChI=1S/C54H82Cl2N18O12/c55-43-47(59)71-45(57)41(69-43)49(75)73-51(61)63-17-3-1-7-37-9-13-39(14-10-37)85-35-33-83-31-29-81-27-25-79-23-21-67-53(77)65-19-5-6-20-66-54(78)68-22-24-80-26-28-82-30-32-84-34-36-86-40-15-11-38(12-16-40)8-2-4-18-64-52(62)74-50(76)42-46(58)72-48(60)44(56)70-42/h9-16H,1-8,17-36H2,(H4,57,59,71)(H4,58,60,72)(H2,65,67,77)(H2,66,68,78)(H3,61,63,73,75)(H3,62,64,74,76). The number of aromatic nitrogens is 4. The van der Waals surface area contributed by atoms with Gasteiger partial charge in [-0.1, -0.05) is 47.5 Å².